The van der Waals surface area contributed by atoms with E-state index in [4.69, 9.17) is 0 Å². The Labute approximate surface area is 129 Å². The molecule has 5 heteroatoms. The van der Waals surface area contributed by atoms with E-state index in [0.717, 1.165) is 17.5 Å². The van der Waals surface area contributed by atoms with Crippen molar-refractivity contribution < 1.29 is 15.1 Å². The number of phenolic OH excluding ortho intramolecular Hbond substituents is 2. The van der Waals surface area contributed by atoms with Gasteiger partial charge in [0.25, 0.3) is 0 Å². The molecule has 2 aromatic carbocycles. The van der Waals surface area contributed by atoms with E-state index in [0.29, 0.717) is 0 Å². The summed E-state index contributed by atoms with van der Waals surface area (Å²) in [6.07, 6.45) is 0.862. The highest BCUT2D eigenvalue weighted by Gasteiger charge is 2.22. The molecular formula is C17H19NO4. The fraction of sp³-hybridized carbons (Fsp3) is 0.294. The summed E-state index contributed by atoms with van der Waals surface area (Å²) in [7, 11) is 0. The summed E-state index contributed by atoms with van der Waals surface area (Å²) in [4.78, 5) is 10.4. The molecule has 0 aliphatic heterocycles. The molecule has 0 aliphatic carbocycles. The lowest BCUT2D eigenvalue weighted by Crippen LogP contribution is -2.08. The van der Waals surface area contributed by atoms with E-state index in [1.807, 2.05) is 19.1 Å². The number of benzene rings is 2. The molecule has 0 heterocycles. The molecule has 2 atom stereocenters. The van der Waals surface area contributed by atoms with Gasteiger partial charge >= 0.3 is 5.69 Å². The second-order valence-electron chi connectivity index (χ2n) is 5.40. The van der Waals surface area contributed by atoms with Crippen molar-refractivity contribution in [1.29, 1.82) is 0 Å². The molecule has 0 radical (unpaired) electrons. The van der Waals surface area contributed by atoms with Crippen LogP contribution in [0.4, 0.5) is 5.69 Å². The maximum atomic E-state index is 11.0. The van der Waals surface area contributed by atoms with Crippen LogP contribution in [0, 0.1) is 10.1 Å². The Bertz CT molecular complexity index is 667. The van der Waals surface area contributed by atoms with Crippen LogP contribution >= 0.6 is 0 Å². The van der Waals surface area contributed by atoms with Crippen molar-refractivity contribution in [3.63, 3.8) is 0 Å². The fourth-order valence-electron chi connectivity index (χ4n) is 2.80. The average Bonchev–Trinajstić information content (AvgIpc) is 2.50. The number of hydrogen-bond donors (Lipinski definition) is 2. The van der Waals surface area contributed by atoms with Gasteiger partial charge in [-0.2, -0.15) is 0 Å². The van der Waals surface area contributed by atoms with Crippen molar-refractivity contribution in [3.05, 3.63) is 63.7 Å². The molecule has 2 N–H and O–H groups in total. The second-order valence-corrected chi connectivity index (χ2v) is 5.40. The van der Waals surface area contributed by atoms with E-state index < -0.39 is 4.92 Å². The van der Waals surface area contributed by atoms with Crippen molar-refractivity contribution in [2.45, 2.75) is 32.1 Å². The van der Waals surface area contributed by atoms with Crippen LogP contribution in [0.15, 0.2) is 42.5 Å². The van der Waals surface area contributed by atoms with Crippen LogP contribution in [0.5, 0.6) is 11.5 Å². The van der Waals surface area contributed by atoms with Gasteiger partial charge in [0, 0.05) is 6.07 Å². The van der Waals surface area contributed by atoms with E-state index in [1.54, 1.807) is 18.2 Å². The summed E-state index contributed by atoms with van der Waals surface area (Å²) in [5, 5.41) is 29.9. The molecule has 0 aromatic heterocycles. The Morgan fingerprint density at radius 2 is 1.68 bits per heavy atom. The lowest BCUT2D eigenvalue weighted by atomic mass is 9.81. The predicted octanol–water partition coefficient (Wildman–Crippen LogP) is 4.30. The lowest BCUT2D eigenvalue weighted by molar-refractivity contribution is -0.385. The molecule has 0 bridgehead atoms. The highest BCUT2D eigenvalue weighted by molar-refractivity contribution is 5.49. The van der Waals surface area contributed by atoms with Gasteiger partial charge in [-0.1, -0.05) is 32.0 Å². The zero-order chi connectivity index (χ0) is 16.3. The van der Waals surface area contributed by atoms with Crippen LogP contribution in [-0.4, -0.2) is 15.1 Å². The standard InChI is InChI=1S/C17H19NO4/c1-3-15(12-4-7-14(19)8-5-12)11(2)13-6-9-17(20)16(10-13)18(21)22/h4-11,15,19-20H,3H2,1-2H3. The van der Waals surface area contributed by atoms with Crippen LogP contribution in [0.2, 0.25) is 0 Å². The van der Waals surface area contributed by atoms with Crippen molar-refractivity contribution in [1.82, 2.24) is 0 Å². The zero-order valence-electron chi connectivity index (χ0n) is 12.6. The number of nitro groups is 1. The van der Waals surface area contributed by atoms with Gasteiger partial charge in [-0.05, 0) is 47.6 Å². The molecule has 0 spiro atoms. The molecule has 116 valence electrons. The van der Waals surface area contributed by atoms with Crippen LogP contribution < -0.4 is 0 Å². The smallest absolute Gasteiger partial charge is 0.310 e. The number of nitro benzene ring substituents is 1. The summed E-state index contributed by atoms with van der Waals surface area (Å²) >= 11 is 0. The summed E-state index contributed by atoms with van der Waals surface area (Å²) in [6, 6.07) is 11.5. The number of nitrogens with zero attached hydrogens (tertiary/aromatic N) is 1. The van der Waals surface area contributed by atoms with Crippen LogP contribution in [-0.2, 0) is 0 Å². The Kier molecular flexibility index (Phi) is 4.65. The molecular weight excluding hydrogens is 282 g/mol. The average molecular weight is 301 g/mol. The molecule has 5 nitrogen and oxygen atoms in total. The monoisotopic (exact) mass is 301 g/mol. The van der Waals surface area contributed by atoms with Gasteiger partial charge in [-0.15, -0.1) is 0 Å². The van der Waals surface area contributed by atoms with Gasteiger partial charge in [0.15, 0.2) is 5.75 Å². The van der Waals surface area contributed by atoms with Crippen LogP contribution in [0.25, 0.3) is 0 Å². The van der Waals surface area contributed by atoms with Gasteiger partial charge in [-0.25, -0.2) is 0 Å². The summed E-state index contributed by atoms with van der Waals surface area (Å²) in [6.45, 7) is 4.07. The topological polar surface area (TPSA) is 83.6 Å². The molecule has 22 heavy (non-hydrogen) atoms. The normalized spacial score (nSPS) is 13.5. The highest BCUT2D eigenvalue weighted by atomic mass is 16.6. The molecule has 0 saturated carbocycles. The number of hydrogen-bond acceptors (Lipinski definition) is 4. The SMILES string of the molecule is CCC(c1ccc(O)cc1)C(C)c1ccc(O)c([N+](=O)[O-])c1. The first-order valence-electron chi connectivity index (χ1n) is 7.20. The van der Waals surface area contributed by atoms with E-state index in [1.165, 1.54) is 12.1 Å². The van der Waals surface area contributed by atoms with Gasteiger partial charge < -0.3 is 10.2 Å². The maximum Gasteiger partial charge on any atom is 0.310 e. The lowest BCUT2D eigenvalue weighted by Gasteiger charge is -2.23. The van der Waals surface area contributed by atoms with Crippen LogP contribution in [0.3, 0.4) is 0 Å². The Hall–Kier alpha value is -2.56. The zero-order valence-corrected chi connectivity index (χ0v) is 12.6. The highest BCUT2D eigenvalue weighted by Crippen LogP contribution is 2.38. The third-order valence-corrected chi connectivity index (χ3v) is 4.09. The van der Waals surface area contributed by atoms with Gasteiger partial charge in [-0.3, -0.25) is 10.1 Å². The van der Waals surface area contributed by atoms with Gasteiger partial charge in [0.05, 0.1) is 4.92 Å². The maximum absolute atomic E-state index is 11.0. The second kappa shape index (κ2) is 6.47. The minimum absolute atomic E-state index is 0.0499. The minimum atomic E-state index is -0.576. The summed E-state index contributed by atoms with van der Waals surface area (Å²) in [5.41, 5.74) is 1.61. The Morgan fingerprint density at radius 1 is 1.09 bits per heavy atom. The first-order valence-corrected chi connectivity index (χ1v) is 7.20. The molecule has 2 unspecified atom stereocenters. The van der Waals surface area contributed by atoms with E-state index in [2.05, 4.69) is 6.92 Å². The van der Waals surface area contributed by atoms with Crippen molar-refractivity contribution in [2.75, 3.05) is 0 Å². The third-order valence-electron chi connectivity index (χ3n) is 4.09. The Morgan fingerprint density at radius 3 is 2.23 bits per heavy atom. The van der Waals surface area contributed by atoms with E-state index >= 15 is 0 Å². The van der Waals surface area contributed by atoms with E-state index in [-0.39, 0.29) is 29.0 Å². The predicted molar refractivity (Wildman–Crippen MR) is 84.3 cm³/mol. The first-order chi connectivity index (χ1) is 10.4. The van der Waals surface area contributed by atoms with Crippen molar-refractivity contribution >= 4 is 5.69 Å². The minimum Gasteiger partial charge on any atom is -0.508 e. The fourth-order valence-corrected chi connectivity index (χ4v) is 2.80. The van der Waals surface area contributed by atoms with Crippen molar-refractivity contribution in [3.8, 4) is 11.5 Å². The number of phenols is 2. The molecule has 0 fully saturated rings. The molecule has 0 aliphatic rings. The number of rotatable bonds is 5. The van der Waals surface area contributed by atoms with Crippen LogP contribution in [0.1, 0.15) is 43.2 Å². The quantitative estimate of drug-likeness (QED) is 0.637. The van der Waals surface area contributed by atoms with Gasteiger partial charge in [0.1, 0.15) is 5.75 Å². The van der Waals surface area contributed by atoms with Crippen molar-refractivity contribution in [2.24, 2.45) is 0 Å². The first kappa shape index (κ1) is 15.8. The van der Waals surface area contributed by atoms with E-state index in [9.17, 15) is 20.3 Å². The van der Waals surface area contributed by atoms with Gasteiger partial charge in [0.2, 0.25) is 0 Å². The molecule has 2 rings (SSSR count). The third kappa shape index (κ3) is 3.19. The summed E-state index contributed by atoms with van der Waals surface area (Å²) in [5.74, 6) is 0.115. The molecule has 2 aromatic rings. The largest absolute Gasteiger partial charge is 0.508 e. The molecule has 0 amide bonds. The molecule has 0 saturated heterocycles. The summed E-state index contributed by atoms with van der Waals surface area (Å²) < 4.78 is 0. The number of aromatic hydroxyl groups is 2. The Balaban J connectivity index is 2.36.